The number of carbonyl (C=O) groups is 1. The predicted octanol–water partition coefficient (Wildman–Crippen LogP) is 5.02. The molecule has 0 saturated carbocycles. The van der Waals surface area contributed by atoms with E-state index in [0.717, 1.165) is 53.2 Å². The summed E-state index contributed by atoms with van der Waals surface area (Å²) in [5.41, 5.74) is 4.66. The standard InChI is InChI=1S/C38H50N2O10S/c1-5-37(41)50-49-36-25-40(51(42,43)32-14-7-28(2)8-15-32)24-35(38(36)31-12-9-29(10-13-31)26-46-22-21-45-4)48-27-30-11-16-34-33(23-30)39(18-20-47-34)17-6-19-44-3/h7-16,23,35-36,38H,5-6,17-22,24-27H2,1-4H3/t35-,36+,38+/m0/s1. The number of fused-ring (bicyclic) bond motifs is 1. The molecular formula is C38H50N2O10S. The van der Waals surface area contributed by atoms with Crippen LogP contribution in [0.25, 0.3) is 0 Å². The van der Waals surface area contributed by atoms with E-state index in [1.165, 1.54) is 4.31 Å². The van der Waals surface area contributed by atoms with Gasteiger partial charge in [-0.15, -0.1) is 0 Å². The second kappa shape index (κ2) is 18.8. The zero-order chi connectivity index (χ0) is 36.2. The normalized spacial score (nSPS) is 19.4. The van der Waals surface area contributed by atoms with Crippen molar-refractivity contribution in [2.45, 2.75) is 62.9 Å². The van der Waals surface area contributed by atoms with Crippen LogP contribution in [0.5, 0.6) is 5.75 Å². The van der Waals surface area contributed by atoms with Gasteiger partial charge in [0.25, 0.3) is 0 Å². The summed E-state index contributed by atoms with van der Waals surface area (Å²) < 4.78 is 58.1. The summed E-state index contributed by atoms with van der Waals surface area (Å²) in [4.78, 5) is 25.8. The van der Waals surface area contributed by atoms with Crippen LogP contribution in [0.3, 0.4) is 0 Å². The fourth-order valence-corrected chi connectivity index (χ4v) is 7.72. The number of ether oxygens (including phenoxy) is 5. The van der Waals surface area contributed by atoms with Crippen LogP contribution in [0, 0.1) is 6.92 Å². The fraction of sp³-hybridized carbons (Fsp3) is 0.500. The molecule has 2 aliphatic heterocycles. The van der Waals surface area contributed by atoms with Crippen molar-refractivity contribution in [3.8, 4) is 5.75 Å². The third-order valence-electron chi connectivity index (χ3n) is 9.07. The van der Waals surface area contributed by atoms with Gasteiger partial charge in [-0.2, -0.15) is 9.19 Å². The van der Waals surface area contributed by atoms with Crippen LogP contribution in [-0.2, 0) is 56.8 Å². The van der Waals surface area contributed by atoms with Gasteiger partial charge in [-0.3, -0.25) is 4.89 Å². The molecule has 5 rings (SSSR count). The molecule has 51 heavy (non-hydrogen) atoms. The largest absolute Gasteiger partial charge is 0.490 e. The van der Waals surface area contributed by atoms with Crippen molar-refractivity contribution in [3.05, 3.63) is 89.0 Å². The Kier molecular flexibility index (Phi) is 14.2. The predicted molar refractivity (Wildman–Crippen MR) is 191 cm³/mol. The Balaban J connectivity index is 1.45. The van der Waals surface area contributed by atoms with Gasteiger partial charge in [-0.1, -0.05) is 55.0 Å². The maximum atomic E-state index is 14.1. The molecule has 0 N–H and O–H groups in total. The van der Waals surface area contributed by atoms with E-state index in [4.69, 9.17) is 33.5 Å². The number of methoxy groups -OCH3 is 2. The number of anilines is 1. The monoisotopic (exact) mass is 726 g/mol. The zero-order valence-corrected chi connectivity index (χ0v) is 30.8. The van der Waals surface area contributed by atoms with E-state index in [1.54, 1.807) is 45.4 Å². The quantitative estimate of drug-likeness (QED) is 0.0998. The summed E-state index contributed by atoms with van der Waals surface area (Å²) in [6.45, 7) is 8.02. The topological polar surface area (TPSA) is 122 Å². The highest BCUT2D eigenvalue weighted by atomic mass is 32.2. The molecule has 0 bridgehead atoms. The van der Waals surface area contributed by atoms with Gasteiger partial charge >= 0.3 is 5.97 Å². The minimum atomic E-state index is -3.96. The van der Waals surface area contributed by atoms with Crippen LogP contribution in [-0.4, -0.2) is 97.7 Å². The highest BCUT2D eigenvalue weighted by molar-refractivity contribution is 7.89. The maximum Gasteiger partial charge on any atom is 0.342 e. The molecule has 0 amide bonds. The van der Waals surface area contributed by atoms with Crippen molar-refractivity contribution >= 4 is 21.7 Å². The molecule has 2 heterocycles. The lowest BCUT2D eigenvalue weighted by atomic mass is 9.85. The van der Waals surface area contributed by atoms with Crippen LogP contribution >= 0.6 is 0 Å². The molecular weight excluding hydrogens is 676 g/mol. The Hall–Kier alpha value is -3.56. The Labute approximate surface area is 301 Å². The van der Waals surface area contributed by atoms with Gasteiger partial charge in [0.2, 0.25) is 10.0 Å². The van der Waals surface area contributed by atoms with E-state index in [2.05, 4.69) is 11.0 Å². The highest BCUT2D eigenvalue weighted by Gasteiger charge is 2.45. The summed E-state index contributed by atoms with van der Waals surface area (Å²) >= 11 is 0. The molecule has 0 unspecified atom stereocenters. The first kappa shape index (κ1) is 38.7. The Morgan fingerprint density at radius 2 is 1.61 bits per heavy atom. The minimum Gasteiger partial charge on any atom is -0.490 e. The van der Waals surface area contributed by atoms with Crippen molar-refractivity contribution < 1.29 is 46.7 Å². The lowest BCUT2D eigenvalue weighted by Gasteiger charge is -2.42. The molecule has 0 aromatic heterocycles. The van der Waals surface area contributed by atoms with Gasteiger partial charge in [0.15, 0.2) is 0 Å². The number of benzene rings is 3. The van der Waals surface area contributed by atoms with Crippen molar-refractivity contribution in [1.82, 2.24) is 4.31 Å². The van der Waals surface area contributed by atoms with Gasteiger partial charge in [0, 0.05) is 52.8 Å². The van der Waals surface area contributed by atoms with Crippen LogP contribution in [0.2, 0.25) is 0 Å². The number of nitrogens with zero attached hydrogens (tertiary/aromatic N) is 2. The SMILES string of the molecule is CCC(=O)OO[C@@H]1CN(S(=O)(=O)c2ccc(C)cc2)C[C@H](OCc2ccc3c(c2)N(CCCOC)CCO3)[C@H]1c1ccc(COCCOC)cc1. The van der Waals surface area contributed by atoms with Gasteiger partial charge in [-0.05, 0) is 54.3 Å². The van der Waals surface area contributed by atoms with Crippen LogP contribution in [0.1, 0.15) is 47.9 Å². The molecule has 0 aliphatic carbocycles. The Morgan fingerprint density at radius 1 is 0.882 bits per heavy atom. The Morgan fingerprint density at radius 3 is 2.33 bits per heavy atom. The first-order chi connectivity index (χ1) is 24.7. The lowest BCUT2D eigenvalue weighted by molar-refractivity contribution is -0.310. The number of sulfonamides is 1. The van der Waals surface area contributed by atoms with Gasteiger partial charge in [0.1, 0.15) is 18.5 Å². The lowest BCUT2D eigenvalue weighted by Crippen LogP contribution is -2.54. The van der Waals surface area contributed by atoms with Gasteiger partial charge < -0.3 is 28.6 Å². The van der Waals surface area contributed by atoms with Gasteiger partial charge in [-0.25, -0.2) is 13.2 Å². The number of hydrogen-bond donors (Lipinski definition) is 0. The first-order valence-electron chi connectivity index (χ1n) is 17.4. The number of aryl methyl sites for hydroxylation is 1. The van der Waals surface area contributed by atoms with Crippen molar-refractivity contribution in [3.63, 3.8) is 0 Å². The summed E-state index contributed by atoms with van der Waals surface area (Å²) in [5, 5.41) is 0. The number of piperidine rings is 1. The van der Waals surface area contributed by atoms with Crippen molar-refractivity contribution in [2.24, 2.45) is 0 Å². The molecule has 1 fully saturated rings. The molecule has 278 valence electrons. The summed E-state index contributed by atoms with van der Waals surface area (Å²) in [6.07, 6.45) is -0.548. The number of hydrogen-bond acceptors (Lipinski definition) is 11. The summed E-state index contributed by atoms with van der Waals surface area (Å²) in [6, 6.07) is 20.6. The molecule has 13 heteroatoms. The van der Waals surface area contributed by atoms with E-state index in [0.29, 0.717) is 33.0 Å². The van der Waals surface area contributed by atoms with Crippen LogP contribution in [0.4, 0.5) is 5.69 Å². The molecule has 1 saturated heterocycles. The molecule has 3 aromatic rings. The average molecular weight is 727 g/mol. The van der Waals surface area contributed by atoms with Crippen molar-refractivity contribution in [2.75, 3.05) is 71.7 Å². The third kappa shape index (κ3) is 10.3. The van der Waals surface area contributed by atoms with Gasteiger partial charge in [0.05, 0.1) is 49.7 Å². The second-order valence-electron chi connectivity index (χ2n) is 12.7. The molecule has 0 spiro atoms. The summed E-state index contributed by atoms with van der Waals surface area (Å²) in [5.74, 6) is -0.223. The molecule has 2 aliphatic rings. The minimum absolute atomic E-state index is 0.0494. The highest BCUT2D eigenvalue weighted by Crippen LogP contribution is 2.37. The van der Waals surface area contributed by atoms with E-state index in [-0.39, 0.29) is 31.0 Å². The van der Waals surface area contributed by atoms with E-state index >= 15 is 0 Å². The fourth-order valence-electron chi connectivity index (χ4n) is 6.26. The Bertz CT molecular complexity index is 1650. The molecule has 0 radical (unpaired) electrons. The number of carbonyl (C=O) groups excluding carboxylic acids is 1. The van der Waals surface area contributed by atoms with Crippen molar-refractivity contribution in [1.29, 1.82) is 0 Å². The summed E-state index contributed by atoms with van der Waals surface area (Å²) in [7, 11) is -0.629. The van der Waals surface area contributed by atoms with E-state index in [9.17, 15) is 13.2 Å². The first-order valence-corrected chi connectivity index (χ1v) is 18.9. The maximum absolute atomic E-state index is 14.1. The molecule has 3 aromatic carbocycles. The smallest absolute Gasteiger partial charge is 0.342 e. The average Bonchev–Trinajstić information content (AvgIpc) is 3.15. The van der Waals surface area contributed by atoms with Crippen LogP contribution in [0.15, 0.2) is 71.6 Å². The zero-order valence-electron chi connectivity index (χ0n) is 30.0. The van der Waals surface area contributed by atoms with E-state index < -0.39 is 34.1 Å². The molecule has 12 nitrogen and oxygen atoms in total. The number of rotatable bonds is 18. The van der Waals surface area contributed by atoms with Crippen LogP contribution < -0.4 is 9.64 Å². The second-order valence-corrected chi connectivity index (χ2v) is 14.7. The van der Waals surface area contributed by atoms with E-state index in [1.807, 2.05) is 43.3 Å². The molecule has 3 atom stereocenters. The third-order valence-corrected chi connectivity index (χ3v) is 10.9.